The number of β-amino-alcohol motifs (C(OH)–C–C–N with tert-alkyl or cyclic N) is 1. The first-order chi connectivity index (χ1) is 13.2. The summed E-state index contributed by atoms with van der Waals surface area (Å²) in [5.41, 5.74) is 1.35. The normalized spacial score (nSPS) is 28.6. The topological polar surface area (TPSA) is 56.2 Å². The van der Waals surface area contributed by atoms with Gasteiger partial charge in [0.2, 0.25) is 5.91 Å². The summed E-state index contributed by atoms with van der Waals surface area (Å²) in [6.07, 6.45) is 2.31. The van der Waals surface area contributed by atoms with E-state index in [1.54, 1.807) is 0 Å². The smallest absolute Gasteiger partial charge is 0.240 e. The first-order valence-corrected chi connectivity index (χ1v) is 10.3. The Balaban J connectivity index is 1.34. The Labute approximate surface area is 161 Å². The van der Waals surface area contributed by atoms with Gasteiger partial charge < -0.3 is 14.7 Å². The zero-order valence-corrected chi connectivity index (χ0v) is 16.0. The number of hydrogen-bond acceptors (Lipinski definition) is 5. The van der Waals surface area contributed by atoms with Crippen LogP contribution in [0.1, 0.15) is 24.8 Å². The van der Waals surface area contributed by atoms with E-state index in [0.717, 1.165) is 32.5 Å². The van der Waals surface area contributed by atoms with Crippen LogP contribution < -0.4 is 0 Å². The number of carbonyl (C=O) groups excluding carboxylic acids is 1. The Morgan fingerprint density at radius 1 is 1.07 bits per heavy atom. The quantitative estimate of drug-likeness (QED) is 0.852. The highest BCUT2D eigenvalue weighted by atomic mass is 16.5. The summed E-state index contributed by atoms with van der Waals surface area (Å²) in [6, 6.07) is 10.8. The van der Waals surface area contributed by atoms with E-state index in [-0.39, 0.29) is 18.1 Å². The average Bonchev–Trinajstić information content (AvgIpc) is 3.11. The summed E-state index contributed by atoms with van der Waals surface area (Å²) in [7, 11) is 0. The van der Waals surface area contributed by atoms with Gasteiger partial charge in [-0.05, 0) is 37.9 Å². The van der Waals surface area contributed by atoms with E-state index in [1.807, 2.05) is 4.90 Å². The van der Waals surface area contributed by atoms with Crippen molar-refractivity contribution in [3.05, 3.63) is 35.9 Å². The fraction of sp³-hybridized carbons (Fsp3) is 0.667. The fourth-order valence-corrected chi connectivity index (χ4v) is 4.73. The number of benzene rings is 1. The van der Waals surface area contributed by atoms with Crippen molar-refractivity contribution in [1.29, 1.82) is 0 Å². The molecule has 0 spiro atoms. The molecule has 0 unspecified atom stereocenters. The lowest BCUT2D eigenvalue weighted by molar-refractivity contribution is -0.141. The number of amides is 1. The van der Waals surface area contributed by atoms with Gasteiger partial charge in [-0.3, -0.25) is 14.6 Å². The molecule has 6 heteroatoms. The summed E-state index contributed by atoms with van der Waals surface area (Å²) >= 11 is 0. The summed E-state index contributed by atoms with van der Waals surface area (Å²) in [6.45, 7) is 6.31. The van der Waals surface area contributed by atoms with Crippen LogP contribution in [-0.2, 0) is 16.1 Å². The number of morpholine rings is 1. The average molecular weight is 373 g/mol. The lowest BCUT2D eigenvalue weighted by Crippen LogP contribution is -2.53. The van der Waals surface area contributed by atoms with Crippen molar-refractivity contribution in [3.63, 3.8) is 0 Å². The van der Waals surface area contributed by atoms with Gasteiger partial charge in [-0.1, -0.05) is 30.3 Å². The third-order valence-electron chi connectivity index (χ3n) is 6.20. The molecule has 2 atom stereocenters. The minimum atomic E-state index is -0.387. The number of rotatable bonds is 4. The predicted molar refractivity (Wildman–Crippen MR) is 103 cm³/mol. The molecule has 3 aliphatic rings. The van der Waals surface area contributed by atoms with Gasteiger partial charge in [0.15, 0.2) is 0 Å². The highest BCUT2D eigenvalue weighted by molar-refractivity contribution is 5.82. The molecule has 6 nitrogen and oxygen atoms in total. The maximum atomic E-state index is 13.0. The number of carbonyl (C=O) groups is 1. The van der Waals surface area contributed by atoms with E-state index >= 15 is 0 Å². The molecule has 0 radical (unpaired) electrons. The van der Waals surface area contributed by atoms with E-state index in [0.29, 0.717) is 45.3 Å². The number of nitrogens with zero attached hydrogens (tertiary/aromatic N) is 3. The SMILES string of the molecule is O=C([C@@H]1C[C@@H](O)CN1C1CCN(Cc2ccccc2)CC1)N1CCOCC1. The van der Waals surface area contributed by atoms with Crippen LogP contribution in [0.15, 0.2) is 30.3 Å². The molecule has 4 rings (SSSR count). The molecule has 3 heterocycles. The predicted octanol–water partition coefficient (Wildman–Crippen LogP) is 0.945. The molecule has 1 aromatic rings. The molecular weight excluding hydrogens is 342 g/mol. The first kappa shape index (κ1) is 18.9. The van der Waals surface area contributed by atoms with E-state index in [2.05, 4.69) is 40.1 Å². The number of hydrogen-bond donors (Lipinski definition) is 1. The summed E-state index contributed by atoms with van der Waals surface area (Å²) in [4.78, 5) is 19.7. The van der Waals surface area contributed by atoms with Gasteiger partial charge in [0, 0.05) is 32.2 Å². The minimum absolute atomic E-state index is 0.163. The number of likely N-dealkylation sites (tertiary alicyclic amines) is 2. The molecule has 0 aromatic heterocycles. The standard InChI is InChI=1S/C21H31N3O3/c25-19-14-20(21(26)23-10-12-27-13-11-23)24(16-19)18-6-8-22(9-7-18)15-17-4-2-1-3-5-17/h1-5,18-20,25H,6-16H2/t19-,20+/m1/s1. The molecule has 148 valence electrons. The summed E-state index contributed by atoms with van der Waals surface area (Å²) in [5.74, 6) is 0.182. The third-order valence-corrected chi connectivity index (χ3v) is 6.20. The van der Waals surface area contributed by atoms with E-state index < -0.39 is 0 Å². The van der Waals surface area contributed by atoms with Gasteiger partial charge in [0.05, 0.1) is 25.4 Å². The number of aliphatic hydroxyl groups is 1. The van der Waals surface area contributed by atoms with Crippen molar-refractivity contribution < 1.29 is 14.6 Å². The molecule has 1 amide bonds. The Kier molecular flexibility index (Phi) is 6.08. The molecule has 0 aliphatic carbocycles. The Morgan fingerprint density at radius 3 is 2.48 bits per heavy atom. The van der Waals surface area contributed by atoms with Crippen LogP contribution in [0.25, 0.3) is 0 Å². The lowest BCUT2D eigenvalue weighted by Gasteiger charge is -2.40. The second kappa shape index (κ2) is 8.69. The van der Waals surface area contributed by atoms with Crippen LogP contribution in [0.2, 0.25) is 0 Å². The second-order valence-electron chi connectivity index (χ2n) is 8.03. The van der Waals surface area contributed by atoms with Crippen molar-refractivity contribution in [1.82, 2.24) is 14.7 Å². The van der Waals surface area contributed by atoms with E-state index in [9.17, 15) is 9.90 Å². The largest absolute Gasteiger partial charge is 0.392 e. The molecule has 0 saturated carbocycles. The van der Waals surface area contributed by atoms with Crippen molar-refractivity contribution in [2.24, 2.45) is 0 Å². The maximum Gasteiger partial charge on any atom is 0.240 e. The van der Waals surface area contributed by atoms with Crippen LogP contribution in [-0.4, -0.2) is 89.8 Å². The monoisotopic (exact) mass is 373 g/mol. The highest BCUT2D eigenvalue weighted by Crippen LogP contribution is 2.28. The molecule has 1 N–H and O–H groups in total. The highest BCUT2D eigenvalue weighted by Gasteiger charge is 2.42. The van der Waals surface area contributed by atoms with Crippen LogP contribution in [0.3, 0.4) is 0 Å². The van der Waals surface area contributed by atoms with Crippen LogP contribution in [0, 0.1) is 0 Å². The third kappa shape index (κ3) is 4.51. The lowest BCUT2D eigenvalue weighted by atomic mass is 10.0. The van der Waals surface area contributed by atoms with Crippen molar-refractivity contribution >= 4 is 5.91 Å². The van der Waals surface area contributed by atoms with Gasteiger partial charge in [-0.15, -0.1) is 0 Å². The van der Waals surface area contributed by atoms with Gasteiger partial charge in [-0.2, -0.15) is 0 Å². The molecule has 0 bridgehead atoms. The summed E-state index contributed by atoms with van der Waals surface area (Å²) < 4.78 is 5.38. The molecule has 3 saturated heterocycles. The number of piperidine rings is 1. The molecule has 27 heavy (non-hydrogen) atoms. The van der Waals surface area contributed by atoms with Gasteiger partial charge in [0.25, 0.3) is 0 Å². The molecule has 3 aliphatic heterocycles. The Hall–Kier alpha value is -1.47. The molecular formula is C21H31N3O3. The minimum Gasteiger partial charge on any atom is -0.392 e. The maximum absolute atomic E-state index is 13.0. The molecule has 3 fully saturated rings. The van der Waals surface area contributed by atoms with Crippen molar-refractivity contribution in [2.75, 3.05) is 45.9 Å². The van der Waals surface area contributed by atoms with Crippen molar-refractivity contribution in [3.8, 4) is 0 Å². The van der Waals surface area contributed by atoms with Gasteiger partial charge in [0.1, 0.15) is 0 Å². The summed E-state index contributed by atoms with van der Waals surface area (Å²) in [5, 5.41) is 10.2. The van der Waals surface area contributed by atoms with E-state index in [1.165, 1.54) is 5.56 Å². The van der Waals surface area contributed by atoms with Gasteiger partial charge >= 0.3 is 0 Å². The zero-order chi connectivity index (χ0) is 18.6. The Bertz CT molecular complexity index is 612. The van der Waals surface area contributed by atoms with Gasteiger partial charge in [-0.25, -0.2) is 0 Å². The van der Waals surface area contributed by atoms with Crippen LogP contribution in [0.4, 0.5) is 0 Å². The molecule has 1 aromatic carbocycles. The van der Waals surface area contributed by atoms with Crippen LogP contribution in [0.5, 0.6) is 0 Å². The fourth-order valence-electron chi connectivity index (χ4n) is 4.73. The van der Waals surface area contributed by atoms with E-state index in [4.69, 9.17) is 4.74 Å². The first-order valence-electron chi connectivity index (χ1n) is 10.3. The number of aliphatic hydroxyl groups excluding tert-OH is 1. The van der Waals surface area contributed by atoms with Crippen molar-refractivity contribution in [2.45, 2.75) is 44.0 Å². The second-order valence-corrected chi connectivity index (χ2v) is 8.03. The van der Waals surface area contributed by atoms with Crippen LogP contribution >= 0.6 is 0 Å². The zero-order valence-electron chi connectivity index (χ0n) is 16.0. The number of ether oxygens (including phenoxy) is 1. The Morgan fingerprint density at radius 2 is 1.78 bits per heavy atom.